The predicted molar refractivity (Wildman–Crippen MR) is 70.8 cm³/mol. The number of nitrogens with zero attached hydrogens (tertiary/aromatic N) is 1. The summed E-state index contributed by atoms with van der Waals surface area (Å²) in [6, 6.07) is 11.5. The first-order valence-electron chi connectivity index (χ1n) is 5.87. The second-order valence-corrected chi connectivity index (χ2v) is 4.36. The Morgan fingerprint density at radius 1 is 1.11 bits per heavy atom. The van der Waals surface area contributed by atoms with Crippen LogP contribution in [0.5, 0.6) is 0 Å². The minimum absolute atomic E-state index is 0.0209. The van der Waals surface area contributed by atoms with Gasteiger partial charge in [0.05, 0.1) is 12.8 Å². The maximum absolute atomic E-state index is 12.3. The van der Waals surface area contributed by atoms with Gasteiger partial charge >= 0.3 is 0 Å². The Bertz CT molecular complexity index is 739. The molecule has 18 heavy (non-hydrogen) atoms. The smallest absolute Gasteiger partial charge is 0.258 e. The van der Waals surface area contributed by atoms with Crippen LogP contribution in [0.15, 0.2) is 58.1 Å². The Labute approximate surface area is 104 Å². The third-order valence-corrected chi connectivity index (χ3v) is 3.14. The van der Waals surface area contributed by atoms with Gasteiger partial charge in [-0.05, 0) is 42.1 Å². The van der Waals surface area contributed by atoms with Crippen LogP contribution in [0.4, 0.5) is 0 Å². The van der Waals surface area contributed by atoms with Crippen LogP contribution in [-0.2, 0) is 6.54 Å². The zero-order valence-electron chi connectivity index (χ0n) is 10.1. The van der Waals surface area contributed by atoms with Gasteiger partial charge in [0.15, 0.2) is 0 Å². The number of furan rings is 1. The fraction of sp³-hybridized carbons (Fsp3) is 0.133. The molecule has 3 rings (SSSR count). The van der Waals surface area contributed by atoms with Gasteiger partial charge in [0.2, 0.25) is 0 Å². The van der Waals surface area contributed by atoms with E-state index < -0.39 is 0 Å². The summed E-state index contributed by atoms with van der Waals surface area (Å²) in [6.07, 6.45) is 3.44. The summed E-state index contributed by atoms with van der Waals surface area (Å²) in [7, 11) is 0. The van der Waals surface area contributed by atoms with Gasteiger partial charge in [-0.1, -0.05) is 12.1 Å². The lowest BCUT2D eigenvalue weighted by atomic mass is 10.1. The SMILES string of the molecule is Cc1cccc2c(=[18O])n(Cc3ccco3)ccc12. The maximum Gasteiger partial charge on any atom is 0.258 e. The summed E-state index contributed by atoms with van der Waals surface area (Å²) >= 11 is 0. The Morgan fingerprint density at radius 2 is 2.00 bits per heavy atom. The summed E-state index contributed by atoms with van der Waals surface area (Å²) in [5.41, 5.74) is 1.14. The highest BCUT2D eigenvalue weighted by Gasteiger charge is 2.05. The van der Waals surface area contributed by atoms with Gasteiger partial charge in [-0.2, -0.15) is 0 Å². The van der Waals surface area contributed by atoms with E-state index >= 15 is 0 Å². The molecular weight excluding hydrogens is 228 g/mol. The van der Waals surface area contributed by atoms with Gasteiger partial charge in [-0.3, -0.25) is 4.79 Å². The van der Waals surface area contributed by atoms with Crippen LogP contribution >= 0.6 is 0 Å². The molecule has 0 spiro atoms. The number of aryl methyl sites for hydroxylation is 1. The van der Waals surface area contributed by atoms with E-state index in [4.69, 9.17) is 4.42 Å². The molecule has 0 atom stereocenters. The summed E-state index contributed by atoms with van der Waals surface area (Å²) in [6.45, 7) is 2.48. The summed E-state index contributed by atoms with van der Waals surface area (Å²) in [5.74, 6) is 0.782. The van der Waals surface area contributed by atoms with Crippen molar-refractivity contribution >= 4 is 10.8 Å². The van der Waals surface area contributed by atoms with Crippen molar-refractivity contribution in [2.45, 2.75) is 13.5 Å². The van der Waals surface area contributed by atoms with Gasteiger partial charge in [-0.25, -0.2) is 0 Å². The molecule has 0 aliphatic rings. The molecule has 0 amide bonds. The molecule has 2 heterocycles. The first-order chi connectivity index (χ1) is 8.75. The third-order valence-electron chi connectivity index (χ3n) is 3.14. The normalized spacial score (nSPS) is 10.9. The quantitative estimate of drug-likeness (QED) is 0.646. The number of hydrogen-bond acceptors (Lipinski definition) is 2. The highest BCUT2D eigenvalue weighted by Crippen LogP contribution is 2.14. The highest BCUT2D eigenvalue weighted by molar-refractivity contribution is 5.84. The summed E-state index contributed by atoms with van der Waals surface area (Å²) in [4.78, 5) is 12.3. The molecular formula is C15H13NO2. The van der Waals surface area contributed by atoms with Crippen LogP contribution in [0.1, 0.15) is 11.3 Å². The standard InChI is InChI=1S/C15H13NO2/c1-11-4-2-6-14-13(11)7-8-16(15(14)17)10-12-5-3-9-18-12/h2-9H,10H2,1H3/i17+2. The molecule has 3 nitrogen and oxygen atoms in total. The van der Waals surface area contributed by atoms with E-state index in [2.05, 4.69) is 0 Å². The number of pyridine rings is 1. The Morgan fingerprint density at radius 3 is 2.78 bits per heavy atom. The van der Waals surface area contributed by atoms with Crippen molar-refractivity contribution in [3.8, 4) is 0 Å². The third kappa shape index (κ3) is 1.74. The zero-order chi connectivity index (χ0) is 12.5. The Kier molecular flexibility index (Phi) is 2.52. The number of benzene rings is 1. The molecule has 0 saturated heterocycles. The first kappa shape index (κ1) is 10.8. The van der Waals surface area contributed by atoms with Crippen molar-refractivity contribution in [1.82, 2.24) is 4.57 Å². The molecule has 2 aromatic heterocycles. The fourth-order valence-electron chi connectivity index (χ4n) is 2.17. The number of aromatic nitrogens is 1. The van der Waals surface area contributed by atoms with E-state index in [9.17, 15) is 4.79 Å². The van der Waals surface area contributed by atoms with E-state index in [1.807, 2.05) is 49.5 Å². The van der Waals surface area contributed by atoms with Gasteiger partial charge in [0.1, 0.15) is 5.76 Å². The minimum Gasteiger partial charge on any atom is -0.467 e. The molecule has 0 aliphatic carbocycles. The minimum atomic E-state index is 0.0209. The number of hydrogen-bond donors (Lipinski definition) is 0. The van der Waals surface area contributed by atoms with Crippen LogP contribution < -0.4 is 5.56 Å². The summed E-state index contributed by atoms with van der Waals surface area (Å²) < 4.78 is 6.94. The van der Waals surface area contributed by atoms with Crippen LogP contribution in [0.3, 0.4) is 0 Å². The zero-order valence-corrected chi connectivity index (χ0v) is 10.1. The molecule has 0 unspecified atom stereocenters. The van der Waals surface area contributed by atoms with Gasteiger partial charge in [0, 0.05) is 11.6 Å². The Balaban J connectivity index is 2.15. The van der Waals surface area contributed by atoms with E-state index in [0.29, 0.717) is 6.54 Å². The van der Waals surface area contributed by atoms with Crippen LogP contribution in [0, 0.1) is 6.92 Å². The maximum atomic E-state index is 12.3. The predicted octanol–water partition coefficient (Wildman–Crippen LogP) is 2.95. The molecule has 0 fully saturated rings. The van der Waals surface area contributed by atoms with Crippen LogP contribution in [-0.4, -0.2) is 4.57 Å². The van der Waals surface area contributed by atoms with Gasteiger partial charge in [0.25, 0.3) is 5.56 Å². The summed E-state index contributed by atoms with van der Waals surface area (Å²) in [5, 5.41) is 1.77. The van der Waals surface area contributed by atoms with E-state index in [-0.39, 0.29) is 5.56 Å². The average Bonchev–Trinajstić information content (AvgIpc) is 2.86. The highest BCUT2D eigenvalue weighted by atomic mass is 18.1. The van der Waals surface area contributed by atoms with Crippen molar-refractivity contribution in [1.29, 1.82) is 0 Å². The van der Waals surface area contributed by atoms with Crippen LogP contribution in [0.25, 0.3) is 10.8 Å². The fourth-order valence-corrected chi connectivity index (χ4v) is 2.17. The van der Waals surface area contributed by atoms with Gasteiger partial charge in [-0.15, -0.1) is 0 Å². The van der Waals surface area contributed by atoms with Gasteiger partial charge < -0.3 is 8.98 Å². The van der Waals surface area contributed by atoms with E-state index in [1.54, 1.807) is 10.8 Å². The molecule has 0 saturated carbocycles. The Hall–Kier alpha value is -2.29. The van der Waals surface area contributed by atoms with Crippen LogP contribution in [0.2, 0.25) is 0 Å². The van der Waals surface area contributed by atoms with Crippen molar-refractivity contribution < 1.29 is 4.42 Å². The molecule has 3 heteroatoms. The monoisotopic (exact) mass is 241 g/mol. The van der Waals surface area contributed by atoms with Crippen molar-refractivity contribution in [3.05, 3.63) is 70.5 Å². The molecule has 90 valence electrons. The molecule has 1 aromatic carbocycles. The van der Waals surface area contributed by atoms with E-state index in [1.165, 1.54) is 0 Å². The van der Waals surface area contributed by atoms with Crippen molar-refractivity contribution in [2.75, 3.05) is 0 Å². The lowest BCUT2D eigenvalue weighted by Gasteiger charge is -2.06. The van der Waals surface area contributed by atoms with Crippen molar-refractivity contribution in [2.24, 2.45) is 0 Å². The average molecular weight is 241 g/mol. The second-order valence-electron chi connectivity index (χ2n) is 4.36. The number of rotatable bonds is 2. The lowest BCUT2D eigenvalue weighted by molar-refractivity contribution is 0.490. The molecule has 0 N–H and O–H groups in total. The molecule has 0 bridgehead atoms. The molecule has 3 aromatic rings. The van der Waals surface area contributed by atoms with E-state index in [0.717, 1.165) is 22.1 Å². The number of fused-ring (bicyclic) bond motifs is 1. The largest absolute Gasteiger partial charge is 0.467 e. The lowest BCUT2D eigenvalue weighted by Crippen LogP contribution is -2.19. The molecule has 0 radical (unpaired) electrons. The molecule has 0 aliphatic heterocycles. The van der Waals surface area contributed by atoms with Crippen molar-refractivity contribution in [3.63, 3.8) is 0 Å². The first-order valence-corrected chi connectivity index (χ1v) is 5.87. The second kappa shape index (κ2) is 4.18. The topological polar surface area (TPSA) is 35.1 Å².